The summed E-state index contributed by atoms with van der Waals surface area (Å²) in [5, 5.41) is 2.98. The smallest absolute Gasteiger partial charge is 0.296 e. The Hall–Kier alpha value is -1.85. The van der Waals surface area contributed by atoms with Gasteiger partial charge >= 0.3 is 0 Å². The molecule has 0 bridgehead atoms. The Balaban J connectivity index is 2.41. The average molecular weight is 263 g/mol. The van der Waals surface area contributed by atoms with Crippen molar-refractivity contribution in [3.8, 4) is 0 Å². The van der Waals surface area contributed by atoms with Crippen LogP contribution in [-0.2, 0) is 10.1 Å². The van der Waals surface area contributed by atoms with Crippen LogP contribution in [0, 0.1) is 6.92 Å². The van der Waals surface area contributed by atoms with Crippen molar-refractivity contribution in [2.24, 2.45) is 0 Å². The Morgan fingerprint density at radius 2 is 1.78 bits per heavy atom. The van der Waals surface area contributed by atoms with E-state index in [1.807, 2.05) is 31.2 Å². The molecular formula is C13H13NO3S. The van der Waals surface area contributed by atoms with Crippen molar-refractivity contribution in [1.29, 1.82) is 0 Å². The van der Waals surface area contributed by atoms with Crippen molar-refractivity contribution in [3.05, 3.63) is 54.1 Å². The Morgan fingerprint density at radius 1 is 1.06 bits per heavy atom. The molecule has 0 fully saturated rings. The highest BCUT2D eigenvalue weighted by Gasteiger charge is 2.14. The van der Waals surface area contributed by atoms with Crippen LogP contribution in [-0.4, -0.2) is 13.0 Å². The largest absolute Gasteiger partial charge is 0.354 e. The third kappa shape index (κ3) is 2.88. The van der Waals surface area contributed by atoms with Crippen molar-refractivity contribution < 1.29 is 13.0 Å². The maximum absolute atomic E-state index is 11.2. The van der Waals surface area contributed by atoms with Gasteiger partial charge in [-0.1, -0.05) is 24.3 Å². The predicted octanol–water partition coefficient (Wildman–Crippen LogP) is 2.99. The second-order valence-corrected chi connectivity index (χ2v) is 5.36. The van der Waals surface area contributed by atoms with Gasteiger partial charge in [-0.15, -0.1) is 0 Å². The summed E-state index contributed by atoms with van der Waals surface area (Å²) >= 11 is 0. The summed E-state index contributed by atoms with van der Waals surface area (Å²) in [7, 11) is -4.23. The first-order chi connectivity index (χ1) is 8.47. The monoisotopic (exact) mass is 263 g/mol. The standard InChI is InChI=1S/C13H13NO3S/c1-10-5-4-6-11(9-10)14-12-7-2-3-8-13(12)18(15,16)17/h2-9,14H,1H3,(H,15,16,17). The summed E-state index contributed by atoms with van der Waals surface area (Å²) in [4.78, 5) is -0.133. The van der Waals surface area contributed by atoms with E-state index >= 15 is 0 Å². The van der Waals surface area contributed by atoms with Gasteiger partial charge in [0.05, 0.1) is 5.69 Å². The lowest BCUT2D eigenvalue weighted by Crippen LogP contribution is -2.03. The number of hydrogen-bond acceptors (Lipinski definition) is 3. The molecule has 0 unspecified atom stereocenters. The summed E-state index contributed by atoms with van der Waals surface area (Å²) in [5.41, 5.74) is 2.18. The SMILES string of the molecule is Cc1cccc(Nc2ccccc2S(=O)(=O)O)c1. The number of benzene rings is 2. The zero-order chi connectivity index (χ0) is 13.2. The molecule has 0 atom stereocenters. The number of para-hydroxylation sites is 1. The van der Waals surface area contributed by atoms with Gasteiger partial charge in [0.25, 0.3) is 10.1 Å². The number of anilines is 2. The lowest BCUT2D eigenvalue weighted by molar-refractivity contribution is 0.483. The van der Waals surface area contributed by atoms with Gasteiger partial charge in [-0.05, 0) is 36.8 Å². The molecule has 0 radical (unpaired) electrons. The van der Waals surface area contributed by atoms with E-state index in [2.05, 4.69) is 5.32 Å². The summed E-state index contributed by atoms with van der Waals surface area (Å²) in [6.07, 6.45) is 0. The van der Waals surface area contributed by atoms with Gasteiger partial charge in [-0.3, -0.25) is 4.55 Å². The molecule has 0 heterocycles. The molecule has 4 nitrogen and oxygen atoms in total. The minimum absolute atomic E-state index is 0.133. The van der Waals surface area contributed by atoms with Gasteiger partial charge in [0.2, 0.25) is 0 Å². The molecule has 0 amide bonds. The van der Waals surface area contributed by atoms with E-state index < -0.39 is 10.1 Å². The van der Waals surface area contributed by atoms with Crippen LogP contribution < -0.4 is 5.32 Å². The lowest BCUT2D eigenvalue weighted by atomic mass is 10.2. The Bertz CT molecular complexity index is 665. The number of aryl methyl sites for hydroxylation is 1. The molecule has 5 heteroatoms. The second kappa shape index (κ2) is 4.80. The number of rotatable bonds is 3. The number of hydrogen-bond donors (Lipinski definition) is 2. The van der Waals surface area contributed by atoms with Gasteiger partial charge in [0.1, 0.15) is 4.90 Å². The molecule has 0 aliphatic rings. The van der Waals surface area contributed by atoms with Gasteiger partial charge in [0, 0.05) is 5.69 Å². The highest BCUT2D eigenvalue weighted by molar-refractivity contribution is 7.86. The van der Waals surface area contributed by atoms with Crippen LogP contribution in [0.5, 0.6) is 0 Å². The van der Waals surface area contributed by atoms with E-state index in [9.17, 15) is 8.42 Å². The summed E-state index contributed by atoms with van der Waals surface area (Å²) in [5.74, 6) is 0. The predicted molar refractivity (Wildman–Crippen MR) is 70.7 cm³/mol. The minimum Gasteiger partial charge on any atom is -0.354 e. The fraction of sp³-hybridized carbons (Fsp3) is 0.0769. The normalized spacial score (nSPS) is 11.2. The lowest BCUT2D eigenvalue weighted by Gasteiger charge is -2.10. The summed E-state index contributed by atoms with van der Waals surface area (Å²) in [6.45, 7) is 1.94. The van der Waals surface area contributed by atoms with Crippen LogP contribution in [0.15, 0.2) is 53.4 Å². The van der Waals surface area contributed by atoms with E-state index in [-0.39, 0.29) is 4.90 Å². The molecule has 2 rings (SSSR count). The Labute approximate surface area is 106 Å². The van der Waals surface area contributed by atoms with Crippen LogP contribution in [0.25, 0.3) is 0 Å². The van der Waals surface area contributed by atoms with Crippen LogP contribution in [0.3, 0.4) is 0 Å². The van der Waals surface area contributed by atoms with E-state index in [0.29, 0.717) is 5.69 Å². The highest BCUT2D eigenvalue weighted by atomic mass is 32.2. The fourth-order valence-corrected chi connectivity index (χ4v) is 2.32. The van der Waals surface area contributed by atoms with Crippen molar-refractivity contribution in [1.82, 2.24) is 0 Å². The molecule has 0 aromatic heterocycles. The van der Waals surface area contributed by atoms with Crippen molar-refractivity contribution >= 4 is 21.5 Å². The first-order valence-electron chi connectivity index (χ1n) is 5.37. The van der Waals surface area contributed by atoms with Crippen LogP contribution in [0.4, 0.5) is 11.4 Å². The van der Waals surface area contributed by atoms with Crippen molar-refractivity contribution in [2.75, 3.05) is 5.32 Å². The van der Waals surface area contributed by atoms with Crippen molar-refractivity contribution in [2.45, 2.75) is 11.8 Å². The van der Waals surface area contributed by atoms with E-state index in [4.69, 9.17) is 4.55 Å². The molecule has 0 saturated heterocycles. The first kappa shape index (κ1) is 12.6. The van der Waals surface area contributed by atoms with Gasteiger partial charge in [-0.2, -0.15) is 8.42 Å². The molecular weight excluding hydrogens is 250 g/mol. The van der Waals surface area contributed by atoms with E-state index in [0.717, 1.165) is 11.3 Å². The van der Waals surface area contributed by atoms with E-state index in [1.54, 1.807) is 18.2 Å². The molecule has 0 saturated carbocycles. The molecule has 2 aromatic carbocycles. The zero-order valence-corrected chi connectivity index (χ0v) is 10.6. The summed E-state index contributed by atoms with van der Waals surface area (Å²) in [6, 6.07) is 13.7. The third-order valence-electron chi connectivity index (χ3n) is 2.46. The maximum atomic E-state index is 11.2. The fourth-order valence-electron chi connectivity index (χ4n) is 1.67. The third-order valence-corrected chi connectivity index (χ3v) is 3.37. The molecule has 0 aliphatic heterocycles. The van der Waals surface area contributed by atoms with Gasteiger partial charge < -0.3 is 5.32 Å². The minimum atomic E-state index is -4.23. The molecule has 18 heavy (non-hydrogen) atoms. The number of nitrogens with one attached hydrogen (secondary N) is 1. The highest BCUT2D eigenvalue weighted by Crippen LogP contribution is 2.24. The van der Waals surface area contributed by atoms with Crippen LogP contribution in [0.1, 0.15) is 5.56 Å². The Kier molecular flexibility index (Phi) is 3.36. The molecule has 94 valence electrons. The van der Waals surface area contributed by atoms with Crippen molar-refractivity contribution in [3.63, 3.8) is 0 Å². The zero-order valence-electron chi connectivity index (χ0n) is 9.79. The van der Waals surface area contributed by atoms with Gasteiger partial charge in [0.15, 0.2) is 0 Å². The average Bonchev–Trinajstić information content (AvgIpc) is 2.28. The topological polar surface area (TPSA) is 66.4 Å². The quantitative estimate of drug-likeness (QED) is 0.835. The van der Waals surface area contributed by atoms with E-state index in [1.165, 1.54) is 6.07 Å². The van der Waals surface area contributed by atoms with Crippen LogP contribution >= 0.6 is 0 Å². The Morgan fingerprint density at radius 3 is 2.44 bits per heavy atom. The first-order valence-corrected chi connectivity index (χ1v) is 6.81. The molecule has 0 aliphatic carbocycles. The van der Waals surface area contributed by atoms with Gasteiger partial charge in [-0.25, -0.2) is 0 Å². The van der Waals surface area contributed by atoms with Crippen LogP contribution in [0.2, 0.25) is 0 Å². The second-order valence-electron chi connectivity index (χ2n) is 3.97. The molecule has 2 N–H and O–H groups in total. The summed E-state index contributed by atoms with van der Waals surface area (Å²) < 4.78 is 31.6. The molecule has 0 spiro atoms. The molecule has 2 aromatic rings. The maximum Gasteiger partial charge on any atom is 0.296 e.